The van der Waals surface area contributed by atoms with Gasteiger partial charge in [0.05, 0.1) is 19.0 Å². The van der Waals surface area contributed by atoms with Crippen LogP contribution >= 0.6 is 0 Å². The van der Waals surface area contributed by atoms with Gasteiger partial charge in [0.1, 0.15) is 12.3 Å². The first-order chi connectivity index (χ1) is 15.9. The monoisotopic (exact) mass is 509 g/mol. The van der Waals surface area contributed by atoms with E-state index in [9.17, 15) is 4.79 Å². The highest BCUT2D eigenvalue weighted by Gasteiger charge is 2.60. The van der Waals surface area contributed by atoms with Gasteiger partial charge in [0.25, 0.3) is 5.56 Å². The average Bonchev–Trinajstić information content (AvgIpc) is 3.31. The molecule has 10 nitrogen and oxygen atoms in total. The van der Waals surface area contributed by atoms with Crippen LogP contribution in [-0.2, 0) is 17.7 Å². The number of hydrogen-bond donors (Lipinski definition) is 2. The van der Waals surface area contributed by atoms with Crippen molar-refractivity contribution in [3.8, 4) is 0 Å². The Labute approximate surface area is 203 Å². The first kappa shape index (κ1) is 25.5. The summed E-state index contributed by atoms with van der Waals surface area (Å²) in [5.41, 5.74) is 7.10. The van der Waals surface area contributed by atoms with Crippen LogP contribution in [0.15, 0.2) is 11.1 Å². The molecule has 0 bridgehead atoms. The van der Waals surface area contributed by atoms with Crippen LogP contribution in [-0.4, -0.2) is 55.5 Å². The number of H-pyrrole nitrogens is 1. The number of imidazole rings is 1. The molecule has 3 unspecified atom stereocenters. The third-order valence-corrected chi connectivity index (χ3v) is 17.6. The van der Waals surface area contributed by atoms with Crippen molar-refractivity contribution in [2.24, 2.45) is 0 Å². The molecule has 2 saturated heterocycles. The third-order valence-electron chi connectivity index (χ3n) is 7.29. The second-order valence-corrected chi connectivity index (χ2v) is 19.6. The molecule has 2 aromatic heterocycles. The number of hydrogen-bond acceptors (Lipinski definition) is 8. The zero-order valence-electron chi connectivity index (χ0n) is 21.5. The fourth-order valence-electron chi connectivity index (χ4n) is 5.46. The summed E-state index contributed by atoms with van der Waals surface area (Å²) >= 11 is 0. The van der Waals surface area contributed by atoms with Gasteiger partial charge in [-0.3, -0.25) is 14.3 Å². The Kier molecular flexibility index (Phi) is 6.86. The number of anilines is 1. The van der Waals surface area contributed by atoms with Gasteiger partial charge in [0.2, 0.25) is 5.95 Å². The number of nitrogens with zero attached hydrogens (tertiary/aromatic N) is 3. The summed E-state index contributed by atoms with van der Waals surface area (Å²) in [7, 11) is -5.34. The topological polar surface area (TPSA) is 127 Å². The van der Waals surface area contributed by atoms with Crippen molar-refractivity contribution < 1.29 is 17.7 Å². The SMILES string of the molecule is CC(C)[Si]1(C(C)C)OCC2OC(n3cnc4c(=O)[nH]c(N)nc43)CC2O[Si](C(C)C)(C(C)C)O1. The summed E-state index contributed by atoms with van der Waals surface area (Å²) in [4.78, 5) is 23.3. The van der Waals surface area contributed by atoms with Gasteiger partial charge in [0, 0.05) is 6.42 Å². The van der Waals surface area contributed by atoms with E-state index in [0.717, 1.165) is 0 Å². The third kappa shape index (κ3) is 4.07. The maximum atomic E-state index is 12.3. The predicted octanol–water partition coefficient (Wildman–Crippen LogP) is 3.95. The summed E-state index contributed by atoms with van der Waals surface area (Å²) in [6, 6.07) is 0. The molecule has 4 heterocycles. The van der Waals surface area contributed by atoms with Gasteiger partial charge in [0.15, 0.2) is 11.2 Å². The molecule has 12 heteroatoms. The Morgan fingerprint density at radius 1 is 1.03 bits per heavy atom. The molecule has 0 aromatic carbocycles. The van der Waals surface area contributed by atoms with Gasteiger partial charge in [-0.2, -0.15) is 4.98 Å². The minimum absolute atomic E-state index is 0.0481. The Hall–Kier alpha value is -1.58. The number of ether oxygens (including phenoxy) is 1. The van der Waals surface area contributed by atoms with E-state index in [1.165, 1.54) is 0 Å². The zero-order chi connectivity index (χ0) is 25.0. The number of rotatable bonds is 5. The lowest BCUT2D eigenvalue weighted by atomic mass is 10.2. The van der Waals surface area contributed by atoms with E-state index >= 15 is 0 Å². The van der Waals surface area contributed by atoms with Gasteiger partial charge in [-0.25, -0.2) is 4.98 Å². The minimum Gasteiger partial charge on any atom is -0.414 e. The smallest absolute Gasteiger partial charge is 0.335 e. The normalized spacial score (nSPS) is 27.0. The molecule has 0 spiro atoms. The molecule has 3 atom stereocenters. The molecular formula is C22H39N5O5Si2. The standard InChI is InChI=1S/C22H39N5O5Si2/c1-12(2)33(13(3)4)29-10-17-16(31-34(32-33,14(5)6)15(7)8)9-18(30-17)27-11-24-19-20(27)25-22(23)26-21(19)28/h11-18H,9-10H2,1-8H3,(H3,23,25,26,28). The summed E-state index contributed by atoms with van der Waals surface area (Å²) in [5.74, 6) is 0.0481. The van der Waals surface area contributed by atoms with E-state index in [1.54, 1.807) is 10.9 Å². The Bertz CT molecular complexity index is 1070. The molecule has 2 aliphatic heterocycles. The molecule has 3 N–H and O–H groups in total. The number of nitrogen functional groups attached to an aromatic ring is 1. The van der Waals surface area contributed by atoms with Crippen molar-refractivity contribution >= 4 is 34.2 Å². The van der Waals surface area contributed by atoms with E-state index < -0.39 is 23.3 Å². The van der Waals surface area contributed by atoms with Gasteiger partial charge in [-0.1, -0.05) is 55.4 Å². The molecule has 0 radical (unpaired) electrons. The van der Waals surface area contributed by atoms with E-state index in [-0.39, 0.29) is 51.4 Å². The van der Waals surface area contributed by atoms with Crippen molar-refractivity contribution in [3.05, 3.63) is 16.7 Å². The maximum Gasteiger partial charge on any atom is 0.335 e. The Morgan fingerprint density at radius 3 is 2.24 bits per heavy atom. The summed E-state index contributed by atoms with van der Waals surface area (Å²) in [6.45, 7) is 18.0. The van der Waals surface area contributed by atoms with Crippen LogP contribution in [0, 0.1) is 0 Å². The summed E-state index contributed by atoms with van der Waals surface area (Å²) < 4.78 is 29.4. The Morgan fingerprint density at radius 2 is 1.65 bits per heavy atom. The van der Waals surface area contributed by atoms with Gasteiger partial charge < -0.3 is 23.4 Å². The first-order valence-corrected chi connectivity index (χ1v) is 16.2. The molecule has 0 aliphatic carbocycles. The van der Waals surface area contributed by atoms with E-state index in [4.69, 9.17) is 23.4 Å². The van der Waals surface area contributed by atoms with E-state index in [1.807, 2.05) is 0 Å². The Balaban J connectivity index is 1.74. The van der Waals surface area contributed by atoms with Crippen molar-refractivity contribution in [2.45, 2.75) is 102 Å². The number of fused-ring (bicyclic) bond motifs is 2. The largest absolute Gasteiger partial charge is 0.414 e. The van der Waals surface area contributed by atoms with Crippen molar-refractivity contribution in [3.63, 3.8) is 0 Å². The summed E-state index contributed by atoms with van der Waals surface area (Å²) in [5, 5.41) is 0. The van der Waals surface area contributed by atoms with Crippen LogP contribution in [0.3, 0.4) is 0 Å². The fourth-order valence-corrected chi connectivity index (χ4v) is 16.7. The zero-order valence-corrected chi connectivity index (χ0v) is 23.5. The van der Waals surface area contributed by atoms with Crippen molar-refractivity contribution in [1.29, 1.82) is 0 Å². The number of nitrogens with one attached hydrogen (secondary N) is 1. The van der Waals surface area contributed by atoms with Crippen LogP contribution < -0.4 is 11.3 Å². The average molecular weight is 510 g/mol. The van der Waals surface area contributed by atoms with Gasteiger partial charge in [-0.15, -0.1) is 0 Å². The number of nitrogens with two attached hydrogens (primary N) is 1. The van der Waals surface area contributed by atoms with Crippen LogP contribution in [0.25, 0.3) is 11.2 Å². The lowest BCUT2D eigenvalue weighted by Crippen LogP contribution is -2.65. The molecule has 0 saturated carbocycles. The fraction of sp³-hybridized carbons (Fsp3) is 0.773. The number of aromatic nitrogens is 4. The van der Waals surface area contributed by atoms with E-state index in [0.29, 0.717) is 18.7 Å². The van der Waals surface area contributed by atoms with Crippen molar-refractivity contribution in [1.82, 2.24) is 19.5 Å². The molecular weight excluding hydrogens is 470 g/mol. The van der Waals surface area contributed by atoms with Crippen LogP contribution in [0.4, 0.5) is 5.95 Å². The second kappa shape index (κ2) is 9.14. The number of aromatic amines is 1. The minimum atomic E-state index is -2.71. The van der Waals surface area contributed by atoms with E-state index in [2.05, 4.69) is 70.3 Å². The van der Waals surface area contributed by atoms with Crippen LogP contribution in [0.5, 0.6) is 0 Å². The lowest BCUT2D eigenvalue weighted by Gasteiger charge is -2.51. The predicted molar refractivity (Wildman–Crippen MR) is 135 cm³/mol. The molecule has 4 rings (SSSR count). The molecule has 34 heavy (non-hydrogen) atoms. The molecule has 2 aromatic rings. The lowest BCUT2D eigenvalue weighted by molar-refractivity contribution is -0.0544. The highest BCUT2D eigenvalue weighted by molar-refractivity contribution is 6.83. The molecule has 0 amide bonds. The maximum absolute atomic E-state index is 12.3. The molecule has 2 aliphatic rings. The van der Waals surface area contributed by atoms with Crippen LogP contribution in [0.2, 0.25) is 22.2 Å². The van der Waals surface area contributed by atoms with Crippen LogP contribution in [0.1, 0.15) is 68.0 Å². The highest BCUT2D eigenvalue weighted by Crippen LogP contribution is 2.48. The first-order valence-electron chi connectivity index (χ1n) is 12.3. The molecule has 2 fully saturated rings. The molecule has 190 valence electrons. The second-order valence-electron chi connectivity index (χ2n) is 10.8. The quantitative estimate of drug-likeness (QED) is 0.580. The summed E-state index contributed by atoms with van der Waals surface area (Å²) in [6.07, 6.45) is 1.34. The van der Waals surface area contributed by atoms with Gasteiger partial charge >= 0.3 is 17.1 Å². The van der Waals surface area contributed by atoms with Gasteiger partial charge in [-0.05, 0) is 22.2 Å². The highest BCUT2D eigenvalue weighted by atomic mass is 28.5. The van der Waals surface area contributed by atoms with Crippen molar-refractivity contribution in [2.75, 3.05) is 12.3 Å².